The van der Waals surface area contributed by atoms with Crippen LogP contribution in [0.1, 0.15) is 5.82 Å². The zero-order chi connectivity index (χ0) is 11.1. The monoisotopic (exact) mass is 210 g/mol. The van der Waals surface area contributed by atoms with Crippen LogP contribution < -0.4 is 10.6 Å². The van der Waals surface area contributed by atoms with Crippen LogP contribution in [0.4, 0.5) is 5.82 Å². The minimum atomic E-state index is 0.604. The highest BCUT2D eigenvalue weighted by atomic mass is 16.5. The van der Waals surface area contributed by atoms with E-state index in [1.54, 1.807) is 13.3 Å². The molecule has 0 bridgehead atoms. The summed E-state index contributed by atoms with van der Waals surface area (Å²) in [7, 11) is 1.69. The molecule has 1 aromatic rings. The van der Waals surface area contributed by atoms with Gasteiger partial charge in [-0.25, -0.2) is 9.97 Å². The molecule has 84 valence electrons. The molecule has 0 atom stereocenters. The first-order valence-electron chi connectivity index (χ1n) is 5.01. The highest BCUT2D eigenvalue weighted by molar-refractivity contribution is 5.37. The standard InChI is InChI=1S/C10H18N4O/c1-9-12-5-3-10(13-9)14(6-4-11)7-8-15-2/h3,5H,4,6-8,11H2,1-2H3. The molecule has 0 radical (unpaired) electrons. The van der Waals surface area contributed by atoms with E-state index in [0.29, 0.717) is 13.2 Å². The first-order chi connectivity index (χ1) is 7.27. The number of nitrogens with two attached hydrogens (primary N) is 1. The van der Waals surface area contributed by atoms with Crippen LogP contribution in [-0.2, 0) is 4.74 Å². The van der Waals surface area contributed by atoms with Crippen molar-refractivity contribution in [2.24, 2.45) is 5.73 Å². The molecule has 0 aromatic carbocycles. The summed E-state index contributed by atoms with van der Waals surface area (Å²) in [5.74, 6) is 1.68. The van der Waals surface area contributed by atoms with Crippen LogP contribution in [0.3, 0.4) is 0 Å². The number of rotatable bonds is 6. The third-order valence-corrected chi connectivity index (χ3v) is 2.05. The van der Waals surface area contributed by atoms with Crippen LogP contribution in [0.2, 0.25) is 0 Å². The number of hydrogen-bond donors (Lipinski definition) is 1. The maximum Gasteiger partial charge on any atom is 0.132 e. The smallest absolute Gasteiger partial charge is 0.132 e. The van der Waals surface area contributed by atoms with Gasteiger partial charge in [0.1, 0.15) is 11.6 Å². The minimum absolute atomic E-state index is 0.604. The quantitative estimate of drug-likeness (QED) is 0.726. The van der Waals surface area contributed by atoms with E-state index in [2.05, 4.69) is 14.9 Å². The van der Waals surface area contributed by atoms with Gasteiger partial charge >= 0.3 is 0 Å². The minimum Gasteiger partial charge on any atom is -0.383 e. The average Bonchev–Trinajstić information content (AvgIpc) is 2.24. The van der Waals surface area contributed by atoms with Crippen molar-refractivity contribution in [1.29, 1.82) is 0 Å². The van der Waals surface area contributed by atoms with Crippen LogP contribution in [0.5, 0.6) is 0 Å². The first-order valence-corrected chi connectivity index (χ1v) is 5.01. The Kier molecular flexibility index (Phi) is 5.00. The molecular weight excluding hydrogens is 192 g/mol. The van der Waals surface area contributed by atoms with Crippen molar-refractivity contribution < 1.29 is 4.74 Å². The van der Waals surface area contributed by atoms with Crippen molar-refractivity contribution in [2.45, 2.75) is 6.92 Å². The van der Waals surface area contributed by atoms with Gasteiger partial charge in [-0.05, 0) is 13.0 Å². The molecule has 0 spiro atoms. The van der Waals surface area contributed by atoms with Crippen LogP contribution in [0.15, 0.2) is 12.3 Å². The van der Waals surface area contributed by atoms with Crippen molar-refractivity contribution in [2.75, 3.05) is 38.3 Å². The second-order valence-electron chi connectivity index (χ2n) is 3.23. The Balaban J connectivity index is 2.69. The summed E-state index contributed by atoms with van der Waals surface area (Å²) in [6.45, 7) is 4.72. The molecule has 5 heteroatoms. The fraction of sp³-hybridized carbons (Fsp3) is 0.600. The van der Waals surface area contributed by atoms with E-state index in [4.69, 9.17) is 10.5 Å². The summed E-state index contributed by atoms with van der Waals surface area (Å²) in [5.41, 5.74) is 5.55. The summed E-state index contributed by atoms with van der Waals surface area (Å²) in [6.07, 6.45) is 1.76. The Labute approximate surface area is 90.3 Å². The van der Waals surface area contributed by atoms with Crippen molar-refractivity contribution >= 4 is 5.82 Å². The molecule has 0 saturated heterocycles. The van der Waals surface area contributed by atoms with Crippen LogP contribution >= 0.6 is 0 Å². The molecule has 0 aliphatic rings. The maximum atomic E-state index is 5.55. The fourth-order valence-electron chi connectivity index (χ4n) is 1.32. The van der Waals surface area contributed by atoms with Gasteiger partial charge in [0, 0.05) is 32.9 Å². The molecule has 0 aliphatic heterocycles. The van der Waals surface area contributed by atoms with E-state index < -0.39 is 0 Å². The number of methoxy groups -OCH3 is 1. The molecule has 0 amide bonds. The van der Waals surface area contributed by atoms with Crippen molar-refractivity contribution in [3.8, 4) is 0 Å². The van der Waals surface area contributed by atoms with Gasteiger partial charge in [-0.1, -0.05) is 0 Å². The number of hydrogen-bond acceptors (Lipinski definition) is 5. The number of aryl methyl sites for hydroxylation is 1. The van der Waals surface area contributed by atoms with Crippen molar-refractivity contribution in [1.82, 2.24) is 9.97 Å². The van der Waals surface area contributed by atoms with Crippen molar-refractivity contribution in [3.05, 3.63) is 18.1 Å². The SMILES string of the molecule is COCCN(CCN)c1ccnc(C)n1. The zero-order valence-electron chi connectivity index (χ0n) is 9.31. The van der Waals surface area contributed by atoms with E-state index in [1.165, 1.54) is 0 Å². The van der Waals surface area contributed by atoms with Crippen LogP contribution in [0.25, 0.3) is 0 Å². The molecular formula is C10H18N4O. The lowest BCUT2D eigenvalue weighted by Gasteiger charge is -2.22. The summed E-state index contributed by atoms with van der Waals surface area (Å²) >= 11 is 0. The molecule has 0 aliphatic carbocycles. The Morgan fingerprint density at radius 2 is 2.27 bits per heavy atom. The fourth-order valence-corrected chi connectivity index (χ4v) is 1.32. The predicted octanol–water partition coefficient (Wildman–Crippen LogP) is 0.197. The Bertz CT molecular complexity index is 293. The molecule has 5 nitrogen and oxygen atoms in total. The van der Waals surface area contributed by atoms with E-state index in [-0.39, 0.29) is 0 Å². The summed E-state index contributed by atoms with van der Waals surface area (Å²) < 4.78 is 5.04. The van der Waals surface area contributed by atoms with E-state index >= 15 is 0 Å². The summed E-state index contributed by atoms with van der Waals surface area (Å²) in [6, 6.07) is 1.89. The Hall–Kier alpha value is -1.20. The van der Waals surface area contributed by atoms with E-state index in [9.17, 15) is 0 Å². The summed E-state index contributed by atoms with van der Waals surface area (Å²) in [4.78, 5) is 10.5. The predicted molar refractivity (Wildman–Crippen MR) is 59.9 cm³/mol. The molecule has 2 N–H and O–H groups in total. The van der Waals surface area contributed by atoms with E-state index in [0.717, 1.165) is 24.7 Å². The highest BCUT2D eigenvalue weighted by Gasteiger charge is 2.06. The third kappa shape index (κ3) is 3.81. The van der Waals surface area contributed by atoms with E-state index in [1.807, 2.05) is 13.0 Å². The molecule has 15 heavy (non-hydrogen) atoms. The molecule has 1 aromatic heterocycles. The normalized spacial score (nSPS) is 10.3. The van der Waals surface area contributed by atoms with Gasteiger partial charge in [-0.2, -0.15) is 0 Å². The van der Waals surface area contributed by atoms with Gasteiger partial charge in [-0.3, -0.25) is 0 Å². The number of nitrogens with zero attached hydrogens (tertiary/aromatic N) is 3. The Morgan fingerprint density at radius 1 is 1.47 bits per heavy atom. The third-order valence-electron chi connectivity index (χ3n) is 2.05. The van der Waals surface area contributed by atoms with Gasteiger partial charge in [0.05, 0.1) is 6.61 Å². The lowest BCUT2D eigenvalue weighted by molar-refractivity contribution is 0.205. The van der Waals surface area contributed by atoms with Gasteiger partial charge < -0.3 is 15.4 Å². The lowest BCUT2D eigenvalue weighted by Crippen LogP contribution is -2.33. The second kappa shape index (κ2) is 6.31. The molecule has 0 unspecified atom stereocenters. The molecule has 1 heterocycles. The molecule has 0 fully saturated rings. The highest BCUT2D eigenvalue weighted by Crippen LogP contribution is 2.08. The van der Waals surface area contributed by atoms with Crippen LogP contribution in [-0.4, -0.2) is 43.3 Å². The lowest BCUT2D eigenvalue weighted by atomic mass is 10.4. The van der Waals surface area contributed by atoms with Gasteiger partial charge in [0.25, 0.3) is 0 Å². The topological polar surface area (TPSA) is 64.3 Å². The van der Waals surface area contributed by atoms with Gasteiger partial charge in [0.2, 0.25) is 0 Å². The first kappa shape index (κ1) is 11.9. The number of ether oxygens (including phenoxy) is 1. The number of aromatic nitrogens is 2. The molecule has 1 rings (SSSR count). The molecule has 0 saturated carbocycles. The summed E-state index contributed by atoms with van der Waals surface area (Å²) in [5, 5.41) is 0. The van der Waals surface area contributed by atoms with Crippen LogP contribution in [0, 0.1) is 6.92 Å². The van der Waals surface area contributed by atoms with Gasteiger partial charge in [0.15, 0.2) is 0 Å². The second-order valence-corrected chi connectivity index (χ2v) is 3.23. The largest absolute Gasteiger partial charge is 0.383 e. The number of anilines is 1. The maximum absolute atomic E-state index is 5.55. The van der Waals surface area contributed by atoms with Crippen molar-refractivity contribution in [3.63, 3.8) is 0 Å². The van der Waals surface area contributed by atoms with Gasteiger partial charge in [-0.15, -0.1) is 0 Å². The zero-order valence-corrected chi connectivity index (χ0v) is 9.31. The Morgan fingerprint density at radius 3 is 2.87 bits per heavy atom. The average molecular weight is 210 g/mol.